The maximum atomic E-state index is 13.4. The monoisotopic (exact) mass is 353 g/mol. The molecule has 4 nitrogen and oxygen atoms in total. The molecular weight excluding hydrogens is 326 g/mol. The van der Waals surface area contributed by atoms with E-state index in [0.29, 0.717) is 13.1 Å². The highest BCUT2D eigenvalue weighted by molar-refractivity contribution is 5.87. The van der Waals surface area contributed by atoms with Gasteiger partial charge in [0.15, 0.2) is 0 Å². The second-order valence-corrected chi connectivity index (χ2v) is 6.26. The molecular formula is C22H27NO3. The van der Waals surface area contributed by atoms with Gasteiger partial charge in [-0.1, -0.05) is 74.0 Å². The molecule has 0 aliphatic heterocycles. The number of unbranched alkanes of at least 4 members (excludes halogenated alkanes) is 1. The number of benzene rings is 2. The van der Waals surface area contributed by atoms with Gasteiger partial charge in [0.1, 0.15) is 0 Å². The van der Waals surface area contributed by atoms with Gasteiger partial charge in [-0.2, -0.15) is 0 Å². The third-order valence-corrected chi connectivity index (χ3v) is 4.42. The highest BCUT2D eigenvalue weighted by Crippen LogP contribution is 2.27. The predicted octanol–water partition coefficient (Wildman–Crippen LogP) is 4.01. The van der Waals surface area contributed by atoms with E-state index < -0.39 is 0 Å². The highest BCUT2D eigenvalue weighted by Gasteiger charge is 2.27. The van der Waals surface area contributed by atoms with Gasteiger partial charge in [0.25, 0.3) is 0 Å². The molecule has 0 aromatic heterocycles. The number of carbonyl (C=O) groups is 2. The van der Waals surface area contributed by atoms with Crippen molar-refractivity contribution in [2.45, 2.75) is 32.1 Å². The molecule has 138 valence electrons. The maximum absolute atomic E-state index is 13.4. The predicted molar refractivity (Wildman–Crippen MR) is 103 cm³/mol. The van der Waals surface area contributed by atoms with Crippen LogP contribution in [0.5, 0.6) is 0 Å². The van der Waals surface area contributed by atoms with Crippen LogP contribution >= 0.6 is 0 Å². The summed E-state index contributed by atoms with van der Waals surface area (Å²) in [5, 5.41) is 0. The van der Waals surface area contributed by atoms with Crippen molar-refractivity contribution in [1.82, 2.24) is 4.90 Å². The standard InChI is InChI=1S/C22H27NO3/c1-3-4-16-23(17-15-20(24)26-2)22(25)21(18-11-7-5-8-12-18)19-13-9-6-10-14-19/h5-14,21H,3-4,15-17H2,1-2H3. The first kappa shape index (κ1) is 19.7. The Bertz CT molecular complexity index is 646. The van der Waals surface area contributed by atoms with Crippen molar-refractivity contribution in [3.63, 3.8) is 0 Å². The number of carbonyl (C=O) groups excluding carboxylic acids is 2. The number of hydrogen-bond acceptors (Lipinski definition) is 3. The zero-order valence-electron chi connectivity index (χ0n) is 15.6. The van der Waals surface area contributed by atoms with Gasteiger partial charge in [-0.25, -0.2) is 0 Å². The fourth-order valence-corrected chi connectivity index (χ4v) is 2.96. The Kier molecular flexibility index (Phi) is 7.87. The van der Waals surface area contributed by atoms with Gasteiger partial charge in [-0.3, -0.25) is 9.59 Å². The molecule has 0 radical (unpaired) electrons. The van der Waals surface area contributed by atoms with Crippen LogP contribution in [0, 0.1) is 0 Å². The molecule has 26 heavy (non-hydrogen) atoms. The lowest BCUT2D eigenvalue weighted by molar-refractivity contribution is -0.141. The van der Waals surface area contributed by atoms with E-state index in [4.69, 9.17) is 4.74 Å². The van der Waals surface area contributed by atoms with E-state index in [9.17, 15) is 9.59 Å². The molecule has 2 aromatic rings. The van der Waals surface area contributed by atoms with Gasteiger partial charge in [0, 0.05) is 13.1 Å². The molecule has 4 heteroatoms. The van der Waals surface area contributed by atoms with Crippen LogP contribution in [0.25, 0.3) is 0 Å². The van der Waals surface area contributed by atoms with Crippen molar-refractivity contribution >= 4 is 11.9 Å². The molecule has 2 rings (SSSR count). The smallest absolute Gasteiger partial charge is 0.307 e. The number of hydrogen-bond donors (Lipinski definition) is 0. The molecule has 0 aliphatic rings. The summed E-state index contributed by atoms with van der Waals surface area (Å²) in [6, 6.07) is 19.6. The van der Waals surface area contributed by atoms with Crippen LogP contribution < -0.4 is 0 Å². The van der Waals surface area contributed by atoms with Crippen LogP contribution in [0.2, 0.25) is 0 Å². The minimum absolute atomic E-state index is 0.0275. The van der Waals surface area contributed by atoms with Gasteiger partial charge in [0.05, 0.1) is 19.4 Å². The fraction of sp³-hybridized carbons (Fsp3) is 0.364. The van der Waals surface area contributed by atoms with Crippen LogP contribution in [-0.2, 0) is 14.3 Å². The Morgan fingerprint density at radius 3 is 1.92 bits per heavy atom. The Morgan fingerprint density at radius 1 is 0.923 bits per heavy atom. The Labute approximate surface area is 155 Å². The minimum Gasteiger partial charge on any atom is -0.469 e. The molecule has 0 saturated heterocycles. The summed E-state index contributed by atoms with van der Waals surface area (Å²) in [6.07, 6.45) is 2.11. The van der Waals surface area contributed by atoms with E-state index in [1.807, 2.05) is 60.7 Å². The molecule has 0 aliphatic carbocycles. The molecule has 2 aromatic carbocycles. The molecule has 0 spiro atoms. The topological polar surface area (TPSA) is 46.6 Å². The number of rotatable bonds is 9. The van der Waals surface area contributed by atoms with Gasteiger partial charge < -0.3 is 9.64 Å². The van der Waals surface area contributed by atoms with Crippen LogP contribution in [0.15, 0.2) is 60.7 Å². The molecule has 0 saturated carbocycles. The Hall–Kier alpha value is -2.62. The minimum atomic E-state index is -0.369. The quantitative estimate of drug-likeness (QED) is 0.640. The maximum Gasteiger partial charge on any atom is 0.307 e. The van der Waals surface area contributed by atoms with Crippen LogP contribution in [-0.4, -0.2) is 37.0 Å². The van der Waals surface area contributed by atoms with E-state index >= 15 is 0 Å². The van der Waals surface area contributed by atoms with Gasteiger partial charge in [-0.05, 0) is 17.5 Å². The molecule has 0 heterocycles. The fourth-order valence-electron chi connectivity index (χ4n) is 2.96. The third-order valence-electron chi connectivity index (χ3n) is 4.42. The second-order valence-electron chi connectivity index (χ2n) is 6.26. The summed E-state index contributed by atoms with van der Waals surface area (Å²) < 4.78 is 4.74. The third kappa shape index (κ3) is 5.45. The molecule has 0 atom stereocenters. The van der Waals surface area contributed by atoms with E-state index in [1.165, 1.54) is 7.11 Å². The van der Waals surface area contributed by atoms with Gasteiger partial charge in [-0.15, -0.1) is 0 Å². The van der Waals surface area contributed by atoms with Gasteiger partial charge in [0.2, 0.25) is 5.91 Å². The summed E-state index contributed by atoms with van der Waals surface area (Å²) in [7, 11) is 1.37. The summed E-state index contributed by atoms with van der Waals surface area (Å²) in [6.45, 7) is 3.11. The lowest BCUT2D eigenvalue weighted by Gasteiger charge is -2.28. The summed E-state index contributed by atoms with van der Waals surface area (Å²) in [5.74, 6) is -0.637. The first-order valence-electron chi connectivity index (χ1n) is 9.12. The highest BCUT2D eigenvalue weighted by atomic mass is 16.5. The Balaban J connectivity index is 2.30. The molecule has 0 bridgehead atoms. The first-order valence-corrected chi connectivity index (χ1v) is 9.12. The van der Waals surface area contributed by atoms with Crippen LogP contribution in [0.3, 0.4) is 0 Å². The molecule has 0 N–H and O–H groups in total. The zero-order chi connectivity index (χ0) is 18.8. The average molecular weight is 353 g/mol. The first-order chi connectivity index (χ1) is 12.7. The number of nitrogens with zero attached hydrogens (tertiary/aromatic N) is 1. The van der Waals surface area contributed by atoms with Crippen molar-refractivity contribution in [2.75, 3.05) is 20.2 Å². The van der Waals surface area contributed by atoms with E-state index in [2.05, 4.69) is 6.92 Å². The number of esters is 1. The van der Waals surface area contributed by atoms with Crippen molar-refractivity contribution in [2.24, 2.45) is 0 Å². The lowest BCUT2D eigenvalue weighted by Crippen LogP contribution is -2.38. The van der Waals surface area contributed by atoms with Crippen molar-refractivity contribution < 1.29 is 14.3 Å². The molecule has 0 fully saturated rings. The van der Waals surface area contributed by atoms with E-state index in [0.717, 1.165) is 24.0 Å². The van der Waals surface area contributed by atoms with Crippen LogP contribution in [0.4, 0.5) is 0 Å². The van der Waals surface area contributed by atoms with Crippen molar-refractivity contribution in [3.8, 4) is 0 Å². The average Bonchev–Trinajstić information content (AvgIpc) is 2.69. The zero-order valence-corrected chi connectivity index (χ0v) is 15.6. The van der Waals surface area contributed by atoms with E-state index in [1.54, 1.807) is 4.90 Å². The van der Waals surface area contributed by atoms with Gasteiger partial charge >= 0.3 is 5.97 Å². The summed E-state index contributed by atoms with van der Waals surface area (Å²) in [5.41, 5.74) is 1.92. The number of amides is 1. The van der Waals surface area contributed by atoms with Crippen LogP contribution in [0.1, 0.15) is 43.2 Å². The molecule has 0 unspecified atom stereocenters. The second kappa shape index (κ2) is 10.4. The normalized spacial score (nSPS) is 10.6. The Morgan fingerprint density at radius 2 is 1.46 bits per heavy atom. The molecule has 1 amide bonds. The SMILES string of the molecule is CCCCN(CCC(=O)OC)C(=O)C(c1ccccc1)c1ccccc1. The van der Waals surface area contributed by atoms with E-state index in [-0.39, 0.29) is 24.2 Å². The summed E-state index contributed by atoms with van der Waals surface area (Å²) >= 11 is 0. The largest absolute Gasteiger partial charge is 0.469 e. The lowest BCUT2D eigenvalue weighted by atomic mass is 9.90. The number of methoxy groups -OCH3 is 1. The van der Waals surface area contributed by atoms with Crippen molar-refractivity contribution in [1.29, 1.82) is 0 Å². The number of ether oxygens (including phenoxy) is 1. The summed E-state index contributed by atoms with van der Waals surface area (Å²) in [4.78, 5) is 26.8. The van der Waals surface area contributed by atoms with Crippen molar-refractivity contribution in [3.05, 3.63) is 71.8 Å².